The number of nitrogens with zero attached hydrogens (tertiary/aromatic N) is 2. The number of hydrogen-bond acceptors (Lipinski definition) is 4. The molecule has 0 unspecified atom stereocenters. The molecule has 2 atom stereocenters. The summed E-state index contributed by atoms with van der Waals surface area (Å²) in [6.45, 7) is 6.46. The van der Waals surface area contributed by atoms with E-state index in [1.54, 1.807) is 17.2 Å². The number of amides is 2. The minimum Gasteiger partial charge on any atom is -0.464 e. The Labute approximate surface area is 147 Å². The van der Waals surface area contributed by atoms with Crippen molar-refractivity contribution in [3.8, 4) is 0 Å². The van der Waals surface area contributed by atoms with E-state index >= 15 is 0 Å². The quantitative estimate of drug-likeness (QED) is 0.851. The molecular weight excluding hydrogens is 318 g/mol. The number of rotatable bonds is 2. The zero-order valence-electron chi connectivity index (χ0n) is 14.8. The number of likely N-dealkylation sites (tertiary alicyclic amines) is 1. The van der Waals surface area contributed by atoms with E-state index in [4.69, 9.17) is 4.42 Å². The van der Waals surface area contributed by atoms with Gasteiger partial charge in [-0.15, -0.1) is 0 Å². The first-order chi connectivity index (χ1) is 11.9. The van der Waals surface area contributed by atoms with Crippen LogP contribution in [-0.4, -0.2) is 28.2 Å². The molecule has 1 saturated heterocycles. The summed E-state index contributed by atoms with van der Waals surface area (Å²) in [6, 6.07) is 5.35. The highest BCUT2D eigenvalue weighted by Crippen LogP contribution is 2.35. The van der Waals surface area contributed by atoms with Gasteiger partial charge in [0.1, 0.15) is 11.5 Å². The van der Waals surface area contributed by atoms with Crippen molar-refractivity contribution in [3.05, 3.63) is 47.7 Å². The number of hydrogen-bond donors (Lipinski definition) is 1. The minimum atomic E-state index is -0.643. The summed E-state index contributed by atoms with van der Waals surface area (Å²) < 4.78 is 5.73. The normalized spacial score (nSPS) is 20.4. The van der Waals surface area contributed by atoms with Crippen LogP contribution < -0.4 is 5.32 Å². The van der Waals surface area contributed by atoms with Gasteiger partial charge >= 0.3 is 11.8 Å². The van der Waals surface area contributed by atoms with Gasteiger partial charge in [0.15, 0.2) is 0 Å². The monoisotopic (exact) mass is 341 g/mol. The van der Waals surface area contributed by atoms with Crippen LogP contribution in [0.4, 0.5) is 5.69 Å². The lowest BCUT2D eigenvalue weighted by atomic mass is 9.91. The summed E-state index contributed by atoms with van der Waals surface area (Å²) in [7, 11) is 0. The molecule has 25 heavy (non-hydrogen) atoms. The fourth-order valence-electron chi connectivity index (χ4n) is 3.23. The second kappa shape index (κ2) is 7.09. The van der Waals surface area contributed by atoms with Crippen molar-refractivity contribution in [3.63, 3.8) is 0 Å². The molecule has 0 bridgehead atoms. The van der Waals surface area contributed by atoms with E-state index < -0.39 is 11.8 Å². The Bertz CT molecular complexity index is 784. The lowest BCUT2D eigenvalue weighted by molar-refractivity contribution is -0.146. The van der Waals surface area contributed by atoms with E-state index in [2.05, 4.69) is 17.2 Å². The first-order valence-electron chi connectivity index (χ1n) is 8.54. The zero-order chi connectivity index (χ0) is 18.0. The minimum absolute atomic E-state index is 0.202. The third kappa shape index (κ3) is 3.90. The van der Waals surface area contributed by atoms with Gasteiger partial charge in [0.05, 0.1) is 17.9 Å². The van der Waals surface area contributed by atoms with Crippen molar-refractivity contribution in [2.75, 3.05) is 11.9 Å². The number of aromatic nitrogens is 1. The van der Waals surface area contributed by atoms with E-state index in [0.717, 1.165) is 29.9 Å². The Morgan fingerprint density at radius 2 is 2.08 bits per heavy atom. The average Bonchev–Trinajstić information content (AvgIpc) is 3.00. The molecule has 2 amide bonds. The van der Waals surface area contributed by atoms with Crippen LogP contribution in [-0.2, 0) is 9.59 Å². The van der Waals surface area contributed by atoms with Gasteiger partial charge in [-0.2, -0.15) is 0 Å². The summed E-state index contributed by atoms with van der Waals surface area (Å²) in [6.07, 6.45) is 4.89. The maximum Gasteiger partial charge on any atom is 0.313 e. The smallest absolute Gasteiger partial charge is 0.313 e. The predicted molar refractivity (Wildman–Crippen MR) is 93.9 cm³/mol. The van der Waals surface area contributed by atoms with Gasteiger partial charge in [-0.05, 0) is 56.4 Å². The number of pyridine rings is 1. The van der Waals surface area contributed by atoms with Crippen molar-refractivity contribution >= 4 is 17.5 Å². The maximum absolute atomic E-state index is 12.7. The van der Waals surface area contributed by atoms with Crippen LogP contribution in [0.15, 0.2) is 35.0 Å². The SMILES string of the molecule is Cc1cncc(NC(=O)C(=O)N2CC[C@@H](C)C[C@H]2c2ccc(C)o2)c1. The highest BCUT2D eigenvalue weighted by atomic mass is 16.3. The summed E-state index contributed by atoms with van der Waals surface area (Å²) in [4.78, 5) is 30.8. The molecule has 132 valence electrons. The molecule has 0 saturated carbocycles. The first-order valence-corrected chi connectivity index (χ1v) is 8.54. The van der Waals surface area contributed by atoms with E-state index in [1.165, 1.54) is 6.20 Å². The number of anilines is 1. The Kier molecular flexibility index (Phi) is 4.88. The van der Waals surface area contributed by atoms with Crippen molar-refractivity contribution in [1.82, 2.24) is 9.88 Å². The van der Waals surface area contributed by atoms with Crippen LogP contribution in [0.2, 0.25) is 0 Å². The third-order valence-electron chi connectivity index (χ3n) is 4.54. The molecule has 2 aromatic heterocycles. The van der Waals surface area contributed by atoms with Gasteiger partial charge in [-0.3, -0.25) is 14.6 Å². The topological polar surface area (TPSA) is 75.4 Å². The van der Waals surface area contributed by atoms with Crippen LogP contribution in [0.1, 0.15) is 42.9 Å². The lowest BCUT2D eigenvalue weighted by Gasteiger charge is -2.36. The molecular formula is C19H23N3O3. The van der Waals surface area contributed by atoms with Gasteiger partial charge < -0.3 is 14.6 Å². The molecule has 0 aliphatic carbocycles. The summed E-state index contributed by atoms with van der Waals surface area (Å²) in [5.41, 5.74) is 1.44. The molecule has 6 heteroatoms. The predicted octanol–water partition coefficient (Wildman–Crippen LogP) is 3.23. The van der Waals surface area contributed by atoms with Gasteiger partial charge in [-0.25, -0.2) is 0 Å². The highest BCUT2D eigenvalue weighted by molar-refractivity contribution is 6.39. The second-order valence-electron chi connectivity index (χ2n) is 6.80. The van der Waals surface area contributed by atoms with E-state index in [9.17, 15) is 9.59 Å². The summed E-state index contributed by atoms with van der Waals surface area (Å²) >= 11 is 0. The molecule has 1 aliphatic rings. The van der Waals surface area contributed by atoms with Crippen molar-refractivity contribution in [2.24, 2.45) is 5.92 Å². The number of furan rings is 1. The third-order valence-corrected chi connectivity index (χ3v) is 4.54. The van der Waals surface area contributed by atoms with Crippen molar-refractivity contribution in [2.45, 2.75) is 39.7 Å². The molecule has 3 heterocycles. The fraction of sp³-hybridized carbons (Fsp3) is 0.421. The van der Waals surface area contributed by atoms with Crippen LogP contribution in [0, 0.1) is 19.8 Å². The molecule has 6 nitrogen and oxygen atoms in total. The van der Waals surface area contributed by atoms with Gasteiger partial charge in [0.2, 0.25) is 0 Å². The number of piperidine rings is 1. The van der Waals surface area contributed by atoms with Crippen LogP contribution in [0.25, 0.3) is 0 Å². The fourth-order valence-corrected chi connectivity index (χ4v) is 3.23. The Hall–Kier alpha value is -2.63. The largest absolute Gasteiger partial charge is 0.464 e. The average molecular weight is 341 g/mol. The molecule has 2 aromatic rings. The van der Waals surface area contributed by atoms with Gasteiger partial charge in [-0.1, -0.05) is 6.92 Å². The van der Waals surface area contributed by atoms with E-state index in [0.29, 0.717) is 18.2 Å². The highest BCUT2D eigenvalue weighted by Gasteiger charge is 2.35. The second-order valence-corrected chi connectivity index (χ2v) is 6.80. The van der Waals surface area contributed by atoms with Crippen LogP contribution in [0.5, 0.6) is 0 Å². The zero-order valence-corrected chi connectivity index (χ0v) is 14.8. The number of carbonyl (C=O) groups is 2. The molecule has 1 fully saturated rings. The van der Waals surface area contributed by atoms with Gasteiger partial charge in [0, 0.05) is 12.7 Å². The Morgan fingerprint density at radius 3 is 2.76 bits per heavy atom. The van der Waals surface area contributed by atoms with Crippen molar-refractivity contribution in [1.29, 1.82) is 0 Å². The number of carbonyl (C=O) groups excluding carboxylic acids is 2. The number of nitrogens with one attached hydrogen (secondary N) is 1. The van der Waals surface area contributed by atoms with E-state index in [1.807, 2.05) is 26.0 Å². The molecule has 1 N–H and O–H groups in total. The van der Waals surface area contributed by atoms with E-state index in [-0.39, 0.29) is 6.04 Å². The summed E-state index contributed by atoms with van der Waals surface area (Å²) in [5, 5.41) is 2.64. The standard InChI is InChI=1S/C19H23N3O3/c1-12-6-7-22(16(9-12)17-5-4-14(3)25-17)19(24)18(23)21-15-8-13(2)10-20-11-15/h4-5,8,10-12,16H,6-7,9H2,1-3H3,(H,21,23)/t12-,16+/m1/s1. The summed E-state index contributed by atoms with van der Waals surface area (Å²) in [5.74, 6) is 0.838. The molecule has 0 radical (unpaired) electrons. The number of aryl methyl sites for hydroxylation is 2. The Balaban J connectivity index is 1.77. The Morgan fingerprint density at radius 1 is 1.28 bits per heavy atom. The van der Waals surface area contributed by atoms with Crippen LogP contribution in [0.3, 0.4) is 0 Å². The first kappa shape index (κ1) is 17.2. The van der Waals surface area contributed by atoms with Crippen molar-refractivity contribution < 1.29 is 14.0 Å². The maximum atomic E-state index is 12.7. The van der Waals surface area contributed by atoms with Crippen LogP contribution >= 0.6 is 0 Å². The molecule has 1 aliphatic heterocycles. The van der Waals surface area contributed by atoms with Gasteiger partial charge in [0.25, 0.3) is 0 Å². The molecule has 3 rings (SSSR count). The molecule has 0 aromatic carbocycles. The lowest BCUT2D eigenvalue weighted by Crippen LogP contribution is -2.45. The molecule has 0 spiro atoms.